The number of guanidine groups is 1. The van der Waals surface area contributed by atoms with Crippen LogP contribution in [0.5, 0.6) is 5.75 Å². The number of ether oxygens (including phenoxy) is 2. The van der Waals surface area contributed by atoms with Crippen LogP contribution in [0.4, 0.5) is 0 Å². The molecule has 0 saturated carbocycles. The maximum Gasteiger partial charge on any atom is 0.191 e. The van der Waals surface area contributed by atoms with E-state index >= 15 is 0 Å². The first kappa shape index (κ1) is 26.5. The second-order valence-electron chi connectivity index (χ2n) is 7.82. The molecule has 0 amide bonds. The third kappa shape index (κ3) is 7.67. The van der Waals surface area contributed by atoms with Crippen molar-refractivity contribution in [3.8, 4) is 5.75 Å². The van der Waals surface area contributed by atoms with E-state index < -0.39 is 0 Å². The zero-order chi connectivity index (χ0) is 22.1. The van der Waals surface area contributed by atoms with Crippen LogP contribution in [-0.2, 0) is 11.2 Å². The van der Waals surface area contributed by atoms with Crippen molar-refractivity contribution >= 4 is 29.9 Å². The molecule has 1 fully saturated rings. The van der Waals surface area contributed by atoms with Crippen LogP contribution in [0.25, 0.3) is 0 Å². The molecule has 2 N–H and O–H groups in total. The van der Waals surface area contributed by atoms with E-state index in [-0.39, 0.29) is 30.0 Å². The third-order valence-corrected chi connectivity index (χ3v) is 5.47. The number of aryl methyl sites for hydroxylation is 2. The number of nitrogens with zero attached hydrogens (tertiary/aromatic N) is 2. The molecule has 0 radical (unpaired) electrons. The molecule has 0 aliphatic carbocycles. The molecule has 1 aromatic carbocycles. The lowest BCUT2D eigenvalue weighted by molar-refractivity contribution is 0.0135. The standard InChI is InChI=1S/C24H36N4O3.HI/c1-5-25-24(26-11-10-20-16-18(2)6-8-22(20)29-4)27-17-21(23-9-7-19(3)31-23)28-12-14-30-15-13-28;/h6-9,16,21H,5,10-15,17H2,1-4H3,(H2,25,26,27);1H. The van der Waals surface area contributed by atoms with Crippen LogP contribution in [0.2, 0.25) is 0 Å². The topological polar surface area (TPSA) is 71.3 Å². The van der Waals surface area contributed by atoms with Gasteiger partial charge in [-0.2, -0.15) is 0 Å². The van der Waals surface area contributed by atoms with Gasteiger partial charge in [0.2, 0.25) is 0 Å². The maximum atomic E-state index is 5.96. The number of aliphatic imine (C=N–C) groups is 1. The van der Waals surface area contributed by atoms with Gasteiger partial charge in [0.15, 0.2) is 5.96 Å². The molecule has 1 saturated heterocycles. The molecule has 2 heterocycles. The highest BCUT2D eigenvalue weighted by atomic mass is 127. The average Bonchev–Trinajstić information content (AvgIpc) is 3.20. The van der Waals surface area contributed by atoms with Crippen molar-refractivity contribution in [3.63, 3.8) is 0 Å². The van der Waals surface area contributed by atoms with E-state index in [2.05, 4.69) is 47.6 Å². The fourth-order valence-electron chi connectivity index (χ4n) is 3.84. The molecule has 1 atom stereocenters. The molecule has 32 heavy (non-hydrogen) atoms. The van der Waals surface area contributed by atoms with Crippen LogP contribution < -0.4 is 15.4 Å². The van der Waals surface area contributed by atoms with Crippen LogP contribution in [0, 0.1) is 13.8 Å². The summed E-state index contributed by atoms with van der Waals surface area (Å²) in [4.78, 5) is 7.28. The SMILES string of the molecule is CCNC(=NCC(c1ccc(C)o1)N1CCOCC1)NCCc1cc(C)ccc1OC.I. The summed E-state index contributed by atoms with van der Waals surface area (Å²) in [6.07, 6.45) is 0.861. The predicted molar refractivity (Wildman–Crippen MR) is 139 cm³/mol. The number of methoxy groups -OCH3 is 1. The van der Waals surface area contributed by atoms with E-state index in [1.165, 1.54) is 11.1 Å². The monoisotopic (exact) mass is 556 g/mol. The molecule has 1 unspecified atom stereocenters. The van der Waals surface area contributed by atoms with Gasteiger partial charge in [-0.05, 0) is 51.0 Å². The molecule has 8 heteroatoms. The lowest BCUT2D eigenvalue weighted by atomic mass is 10.1. The van der Waals surface area contributed by atoms with E-state index in [9.17, 15) is 0 Å². The number of rotatable bonds is 9. The Bertz CT molecular complexity index is 850. The van der Waals surface area contributed by atoms with Crippen molar-refractivity contribution in [2.24, 2.45) is 4.99 Å². The molecule has 0 bridgehead atoms. The first-order valence-corrected chi connectivity index (χ1v) is 11.1. The molecular formula is C24H37IN4O3. The Morgan fingerprint density at radius 3 is 2.59 bits per heavy atom. The first-order valence-electron chi connectivity index (χ1n) is 11.1. The summed E-state index contributed by atoms with van der Waals surface area (Å²) in [7, 11) is 1.72. The van der Waals surface area contributed by atoms with E-state index in [0.29, 0.717) is 6.54 Å². The second kappa shape index (κ2) is 13.7. The minimum atomic E-state index is 0. The summed E-state index contributed by atoms with van der Waals surface area (Å²) in [6.45, 7) is 11.6. The smallest absolute Gasteiger partial charge is 0.191 e. The van der Waals surface area contributed by atoms with Crippen molar-refractivity contribution in [3.05, 3.63) is 53.0 Å². The van der Waals surface area contributed by atoms with Crippen molar-refractivity contribution < 1.29 is 13.9 Å². The fraction of sp³-hybridized carbons (Fsp3) is 0.542. The predicted octanol–water partition coefficient (Wildman–Crippen LogP) is 3.69. The zero-order valence-electron chi connectivity index (χ0n) is 19.6. The molecule has 178 valence electrons. The number of halogens is 1. The van der Waals surface area contributed by atoms with Crippen molar-refractivity contribution in [1.82, 2.24) is 15.5 Å². The Labute approximate surface area is 209 Å². The van der Waals surface area contributed by atoms with E-state index in [0.717, 1.165) is 69.0 Å². The highest BCUT2D eigenvalue weighted by Crippen LogP contribution is 2.24. The normalized spacial score (nSPS) is 15.7. The van der Waals surface area contributed by atoms with E-state index in [4.69, 9.17) is 18.9 Å². The number of morpholine rings is 1. The van der Waals surface area contributed by atoms with Gasteiger partial charge < -0.3 is 24.5 Å². The van der Waals surface area contributed by atoms with Crippen LogP contribution in [0.3, 0.4) is 0 Å². The number of hydrogen-bond acceptors (Lipinski definition) is 5. The van der Waals surface area contributed by atoms with Crippen molar-refractivity contribution in [1.29, 1.82) is 0 Å². The Morgan fingerprint density at radius 2 is 1.94 bits per heavy atom. The Balaban J connectivity index is 0.00000363. The molecule has 1 aliphatic heterocycles. The molecule has 0 spiro atoms. The quantitative estimate of drug-likeness (QED) is 0.279. The fourth-order valence-corrected chi connectivity index (χ4v) is 3.84. The van der Waals surface area contributed by atoms with Gasteiger partial charge in [0, 0.05) is 26.2 Å². The molecule has 7 nitrogen and oxygen atoms in total. The highest BCUT2D eigenvalue weighted by molar-refractivity contribution is 14.0. The maximum absolute atomic E-state index is 5.96. The van der Waals surface area contributed by atoms with Crippen LogP contribution in [-0.4, -0.2) is 63.9 Å². The Morgan fingerprint density at radius 1 is 1.16 bits per heavy atom. The Kier molecular flexibility index (Phi) is 11.3. The number of nitrogens with one attached hydrogen (secondary N) is 2. The van der Waals surface area contributed by atoms with Gasteiger partial charge >= 0.3 is 0 Å². The van der Waals surface area contributed by atoms with Crippen LogP contribution >= 0.6 is 24.0 Å². The molecule has 1 aliphatic rings. The minimum absolute atomic E-state index is 0. The summed E-state index contributed by atoms with van der Waals surface area (Å²) >= 11 is 0. The van der Waals surface area contributed by atoms with Gasteiger partial charge in [0.05, 0.1) is 32.9 Å². The summed E-state index contributed by atoms with van der Waals surface area (Å²) in [5.74, 6) is 3.63. The van der Waals surface area contributed by atoms with Gasteiger partial charge in [0.1, 0.15) is 17.3 Å². The van der Waals surface area contributed by atoms with Crippen molar-refractivity contribution in [2.75, 3.05) is 53.0 Å². The van der Waals surface area contributed by atoms with Gasteiger partial charge in [-0.3, -0.25) is 9.89 Å². The molecular weight excluding hydrogens is 519 g/mol. The number of hydrogen-bond donors (Lipinski definition) is 2. The van der Waals surface area contributed by atoms with Gasteiger partial charge in [-0.25, -0.2) is 0 Å². The second-order valence-corrected chi connectivity index (χ2v) is 7.82. The average molecular weight is 556 g/mol. The highest BCUT2D eigenvalue weighted by Gasteiger charge is 2.25. The van der Waals surface area contributed by atoms with Gasteiger partial charge in [-0.1, -0.05) is 17.7 Å². The number of furan rings is 1. The summed E-state index contributed by atoms with van der Waals surface area (Å²) < 4.78 is 17.0. The van der Waals surface area contributed by atoms with E-state index in [1.54, 1.807) is 7.11 Å². The molecule has 2 aromatic rings. The first-order chi connectivity index (χ1) is 15.1. The lowest BCUT2D eigenvalue weighted by Crippen LogP contribution is -2.42. The zero-order valence-corrected chi connectivity index (χ0v) is 22.0. The summed E-state index contributed by atoms with van der Waals surface area (Å²) in [5.41, 5.74) is 2.43. The van der Waals surface area contributed by atoms with Crippen molar-refractivity contribution in [2.45, 2.75) is 33.2 Å². The van der Waals surface area contributed by atoms with Crippen LogP contribution in [0.15, 0.2) is 39.7 Å². The van der Waals surface area contributed by atoms with E-state index in [1.807, 2.05) is 19.1 Å². The molecule has 3 rings (SSSR count). The number of benzene rings is 1. The summed E-state index contributed by atoms with van der Waals surface area (Å²) in [6, 6.07) is 10.5. The van der Waals surface area contributed by atoms with Gasteiger partial charge in [0.25, 0.3) is 0 Å². The van der Waals surface area contributed by atoms with Gasteiger partial charge in [-0.15, -0.1) is 24.0 Å². The largest absolute Gasteiger partial charge is 0.496 e. The third-order valence-electron chi connectivity index (χ3n) is 5.47. The minimum Gasteiger partial charge on any atom is -0.496 e. The van der Waals surface area contributed by atoms with Crippen LogP contribution in [0.1, 0.15) is 35.6 Å². The lowest BCUT2D eigenvalue weighted by Gasteiger charge is -2.32. The summed E-state index contributed by atoms with van der Waals surface area (Å²) in [5, 5.41) is 6.82. The Hall–Kier alpha value is -1.78. The molecule has 1 aromatic heterocycles.